The molecule has 1 aromatic carbocycles. The van der Waals surface area contributed by atoms with Gasteiger partial charge in [0, 0.05) is 11.4 Å². The summed E-state index contributed by atoms with van der Waals surface area (Å²) in [6.07, 6.45) is 0. The second kappa shape index (κ2) is 5.98. The maximum absolute atomic E-state index is 12.9. The predicted molar refractivity (Wildman–Crippen MR) is 86.7 cm³/mol. The van der Waals surface area contributed by atoms with Gasteiger partial charge >= 0.3 is 0 Å². The van der Waals surface area contributed by atoms with E-state index in [2.05, 4.69) is 5.32 Å². The molecule has 1 fully saturated rings. The molecule has 0 radical (unpaired) electrons. The lowest BCUT2D eigenvalue weighted by atomic mass is 10.0. The van der Waals surface area contributed by atoms with E-state index < -0.39 is 18.0 Å². The molecule has 7 heteroatoms. The van der Waals surface area contributed by atoms with Crippen molar-refractivity contribution in [1.82, 2.24) is 10.2 Å². The van der Waals surface area contributed by atoms with E-state index >= 15 is 0 Å². The summed E-state index contributed by atoms with van der Waals surface area (Å²) < 4.78 is 12.9. The smallest absolute Gasteiger partial charge is 0.253 e. The molecule has 0 saturated carbocycles. The zero-order valence-corrected chi connectivity index (χ0v) is 13.7. The number of nitrogens with zero attached hydrogens (tertiary/aromatic N) is 1. The van der Waals surface area contributed by atoms with Gasteiger partial charge in [-0.3, -0.25) is 14.5 Å². The summed E-state index contributed by atoms with van der Waals surface area (Å²) in [7, 11) is 0. The summed E-state index contributed by atoms with van der Waals surface area (Å²) in [5.74, 6) is -0.0864. The molecule has 3 atom stereocenters. The van der Waals surface area contributed by atoms with Gasteiger partial charge in [0.1, 0.15) is 23.3 Å². The third kappa shape index (κ3) is 2.74. The highest BCUT2D eigenvalue weighted by molar-refractivity contribution is 8.00. The molecule has 0 spiro atoms. The van der Waals surface area contributed by atoms with E-state index in [0.29, 0.717) is 5.56 Å². The fourth-order valence-corrected chi connectivity index (χ4v) is 4.13. The molecule has 2 aliphatic rings. The van der Waals surface area contributed by atoms with Crippen molar-refractivity contribution in [2.75, 3.05) is 5.75 Å². The van der Waals surface area contributed by atoms with Gasteiger partial charge in [-0.15, -0.1) is 11.8 Å². The first kappa shape index (κ1) is 16.0. The monoisotopic (exact) mass is 335 g/mol. The molecule has 1 aromatic rings. The zero-order chi connectivity index (χ0) is 16.7. The average molecular weight is 335 g/mol. The van der Waals surface area contributed by atoms with E-state index in [9.17, 15) is 14.0 Å². The number of hydrogen-bond acceptors (Lipinski definition) is 4. The van der Waals surface area contributed by atoms with Crippen LogP contribution in [0.25, 0.3) is 0 Å². The molecule has 0 aliphatic carbocycles. The van der Waals surface area contributed by atoms with Crippen molar-refractivity contribution < 1.29 is 14.0 Å². The number of β-lactam (4-membered cyclic amide) rings is 1. The van der Waals surface area contributed by atoms with Crippen LogP contribution in [-0.4, -0.2) is 33.9 Å². The second-order valence-electron chi connectivity index (χ2n) is 5.79. The van der Waals surface area contributed by atoms with E-state index in [-0.39, 0.29) is 17.1 Å². The van der Waals surface area contributed by atoms with Crippen molar-refractivity contribution in [1.29, 1.82) is 0 Å². The number of hydrogen-bond donors (Lipinski definition) is 2. The van der Waals surface area contributed by atoms with Crippen molar-refractivity contribution >= 4 is 23.6 Å². The summed E-state index contributed by atoms with van der Waals surface area (Å²) in [4.78, 5) is 26.3. The van der Waals surface area contributed by atoms with Crippen LogP contribution >= 0.6 is 11.8 Å². The van der Waals surface area contributed by atoms with Gasteiger partial charge in [0.25, 0.3) is 5.91 Å². The first-order valence-electron chi connectivity index (χ1n) is 7.32. The first-order valence-corrected chi connectivity index (χ1v) is 8.37. The number of nitrogens with one attached hydrogen (secondary N) is 1. The van der Waals surface area contributed by atoms with Crippen LogP contribution in [0.3, 0.4) is 0 Å². The highest BCUT2D eigenvalue weighted by Crippen LogP contribution is 2.39. The van der Waals surface area contributed by atoms with E-state index in [0.717, 1.165) is 11.4 Å². The molecule has 5 nitrogen and oxygen atoms in total. The van der Waals surface area contributed by atoms with Crippen LogP contribution in [0.2, 0.25) is 0 Å². The minimum atomic E-state index is -0.926. The first-order chi connectivity index (χ1) is 10.9. The highest BCUT2D eigenvalue weighted by Gasteiger charge is 2.51. The molecule has 0 bridgehead atoms. The lowest BCUT2D eigenvalue weighted by Gasteiger charge is -2.50. The Morgan fingerprint density at radius 2 is 2.04 bits per heavy atom. The Kier molecular flexibility index (Phi) is 4.16. The Morgan fingerprint density at radius 3 is 2.70 bits per heavy atom. The molecule has 3 N–H and O–H groups in total. The minimum Gasteiger partial charge on any atom is -0.340 e. The molecule has 2 aliphatic heterocycles. The molecule has 1 saturated heterocycles. The standard InChI is InChI=1S/C16H18FN3O2S/c1-8-7-23-16-13(15(22)20(16)9(8)2)19-14(21)12(18)10-3-5-11(17)6-4-10/h3-6,12-13,16H,7,18H2,1-2H3,(H,19,21)/t12-,13-,16-/m1/s1. The summed E-state index contributed by atoms with van der Waals surface area (Å²) in [5.41, 5.74) is 8.55. The average Bonchev–Trinajstić information content (AvgIpc) is 2.54. The van der Waals surface area contributed by atoms with Crippen LogP contribution in [0.5, 0.6) is 0 Å². The summed E-state index contributed by atoms with van der Waals surface area (Å²) in [5, 5.41) is 2.65. The molecule has 2 amide bonds. The van der Waals surface area contributed by atoms with Gasteiger partial charge in [0.15, 0.2) is 0 Å². The number of benzene rings is 1. The van der Waals surface area contributed by atoms with Gasteiger partial charge in [-0.1, -0.05) is 12.1 Å². The molecular formula is C16H18FN3O2S. The SMILES string of the molecule is CC1=C(C)N2C(=O)[C@@H](NC(=O)[C@H](N)c3ccc(F)cc3)[C@H]2SC1. The van der Waals surface area contributed by atoms with Gasteiger partial charge in [-0.2, -0.15) is 0 Å². The normalized spacial score (nSPS) is 24.9. The molecule has 23 heavy (non-hydrogen) atoms. The molecule has 0 unspecified atom stereocenters. The quantitative estimate of drug-likeness (QED) is 0.821. The van der Waals surface area contributed by atoms with Crippen molar-refractivity contribution in [3.05, 3.63) is 46.9 Å². The lowest BCUT2D eigenvalue weighted by molar-refractivity contribution is -0.146. The third-order valence-corrected chi connectivity index (χ3v) is 5.73. The lowest BCUT2D eigenvalue weighted by Crippen LogP contribution is -2.70. The summed E-state index contributed by atoms with van der Waals surface area (Å²) in [6, 6.07) is 3.98. The number of nitrogens with two attached hydrogens (primary N) is 1. The van der Waals surface area contributed by atoms with E-state index in [1.807, 2.05) is 13.8 Å². The van der Waals surface area contributed by atoms with Crippen LogP contribution in [0.1, 0.15) is 25.5 Å². The Labute approximate surface area is 138 Å². The van der Waals surface area contributed by atoms with Crippen LogP contribution in [0.15, 0.2) is 35.5 Å². The minimum absolute atomic E-state index is 0.0735. The van der Waals surface area contributed by atoms with Gasteiger partial charge in [0.2, 0.25) is 5.91 Å². The number of halogens is 1. The molecule has 2 heterocycles. The topological polar surface area (TPSA) is 75.4 Å². The van der Waals surface area contributed by atoms with Crippen LogP contribution in [-0.2, 0) is 9.59 Å². The van der Waals surface area contributed by atoms with Crippen molar-refractivity contribution in [2.24, 2.45) is 5.73 Å². The number of fused-ring (bicyclic) bond motifs is 1. The fourth-order valence-electron chi connectivity index (χ4n) is 2.71. The number of amides is 2. The Balaban J connectivity index is 1.67. The van der Waals surface area contributed by atoms with Gasteiger partial charge in [-0.05, 0) is 37.1 Å². The Morgan fingerprint density at radius 1 is 1.39 bits per heavy atom. The maximum atomic E-state index is 12.9. The van der Waals surface area contributed by atoms with Gasteiger partial charge in [0.05, 0.1) is 0 Å². The van der Waals surface area contributed by atoms with Crippen molar-refractivity contribution in [2.45, 2.75) is 31.3 Å². The van der Waals surface area contributed by atoms with Gasteiger partial charge < -0.3 is 11.1 Å². The molecule has 3 rings (SSSR count). The number of thioether (sulfide) groups is 1. The number of carbonyl (C=O) groups excluding carboxylic acids is 2. The third-order valence-electron chi connectivity index (χ3n) is 4.30. The fraction of sp³-hybridized carbons (Fsp3) is 0.375. The van der Waals surface area contributed by atoms with Gasteiger partial charge in [-0.25, -0.2) is 4.39 Å². The van der Waals surface area contributed by atoms with Crippen LogP contribution in [0.4, 0.5) is 4.39 Å². The van der Waals surface area contributed by atoms with E-state index in [1.54, 1.807) is 16.7 Å². The Hall–Kier alpha value is -1.86. The molecule has 0 aromatic heterocycles. The summed E-state index contributed by atoms with van der Waals surface area (Å²) >= 11 is 1.63. The Bertz CT molecular complexity index is 689. The maximum Gasteiger partial charge on any atom is 0.253 e. The van der Waals surface area contributed by atoms with Crippen molar-refractivity contribution in [3.63, 3.8) is 0 Å². The van der Waals surface area contributed by atoms with E-state index in [4.69, 9.17) is 5.73 Å². The number of rotatable bonds is 3. The van der Waals surface area contributed by atoms with E-state index in [1.165, 1.54) is 29.8 Å². The molecular weight excluding hydrogens is 317 g/mol. The van der Waals surface area contributed by atoms with Crippen molar-refractivity contribution in [3.8, 4) is 0 Å². The number of allylic oxidation sites excluding steroid dienone is 1. The largest absolute Gasteiger partial charge is 0.340 e. The number of carbonyl (C=O) groups is 2. The second-order valence-corrected chi connectivity index (χ2v) is 6.90. The molecule has 122 valence electrons. The van der Waals surface area contributed by atoms with Crippen LogP contribution < -0.4 is 11.1 Å². The zero-order valence-electron chi connectivity index (χ0n) is 12.9. The summed E-state index contributed by atoms with van der Waals surface area (Å²) in [6.45, 7) is 3.92. The predicted octanol–water partition coefficient (Wildman–Crippen LogP) is 1.52. The van der Waals surface area contributed by atoms with Crippen LogP contribution in [0, 0.1) is 5.82 Å². The highest BCUT2D eigenvalue weighted by atomic mass is 32.2.